The first-order chi connectivity index (χ1) is 35.6. The van der Waals surface area contributed by atoms with Gasteiger partial charge in [-0.15, -0.1) is 0 Å². The van der Waals surface area contributed by atoms with Gasteiger partial charge in [-0.05, 0) is 90.2 Å². The first-order valence-electron chi connectivity index (χ1n) is 26.9. The number of methoxy groups -OCH3 is 3. The summed E-state index contributed by atoms with van der Waals surface area (Å²) in [5.41, 5.74) is -3.69. The van der Waals surface area contributed by atoms with Gasteiger partial charge in [0.2, 0.25) is 0 Å². The lowest BCUT2D eigenvalue weighted by Crippen LogP contribution is -2.75. The molecule has 25 atom stereocenters. The van der Waals surface area contributed by atoms with Gasteiger partial charge in [0.1, 0.15) is 65.8 Å². The lowest BCUT2D eigenvalue weighted by atomic mass is 9.43. The van der Waals surface area contributed by atoms with E-state index in [1.165, 1.54) is 20.2 Å². The summed E-state index contributed by atoms with van der Waals surface area (Å²) in [6, 6.07) is 3.28. The molecule has 1 aromatic rings. The Morgan fingerprint density at radius 1 is 0.747 bits per heavy atom. The van der Waals surface area contributed by atoms with Crippen LogP contribution in [0.1, 0.15) is 116 Å². The number of rotatable bonds is 15. The Hall–Kier alpha value is -2.65. The third kappa shape index (κ3) is 10.2. The molecule has 75 heavy (non-hydrogen) atoms. The van der Waals surface area contributed by atoms with Gasteiger partial charge in [0.15, 0.2) is 25.2 Å². The molecular formula is C54H81NO20. The minimum absolute atomic E-state index is 0.106. The highest BCUT2D eigenvalue weighted by Gasteiger charge is 2.77. The molecule has 0 aromatic carbocycles. The second-order valence-electron chi connectivity index (χ2n) is 22.9. The van der Waals surface area contributed by atoms with Crippen LogP contribution in [0.4, 0.5) is 0 Å². The monoisotopic (exact) mass is 1060 g/mol. The van der Waals surface area contributed by atoms with Crippen LogP contribution in [0.15, 0.2) is 36.2 Å². The number of esters is 1. The maximum Gasteiger partial charge on any atom is 0.339 e. The van der Waals surface area contributed by atoms with Crippen molar-refractivity contribution < 1.29 is 97.1 Å². The van der Waals surface area contributed by atoms with E-state index in [0.29, 0.717) is 38.5 Å². The molecule has 4 aliphatic carbocycles. The molecule has 25 unspecified atom stereocenters. The molecule has 0 spiro atoms. The lowest BCUT2D eigenvalue weighted by Gasteiger charge is -2.66. The summed E-state index contributed by atoms with van der Waals surface area (Å²) in [6.45, 7) is 10.4. The molecule has 4 saturated heterocycles. The number of Topliss-reactive ketones (excluding diaryl/α,β-unsaturated/α-hetero) is 1. The molecule has 4 aliphatic heterocycles. The fourth-order valence-corrected chi connectivity index (χ4v) is 14.7. The van der Waals surface area contributed by atoms with Crippen LogP contribution in [0.5, 0.6) is 0 Å². The van der Waals surface area contributed by atoms with Gasteiger partial charge in [-0.3, -0.25) is 9.78 Å². The number of fused-ring (bicyclic) bond motifs is 5. The summed E-state index contributed by atoms with van der Waals surface area (Å²) in [5.74, 6) is -1.78. The molecule has 6 N–H and O–H groups in total. The van der Waals surface area contributed by atoms with Crippen molar-refractivity contribution >= 4 is 11.8 Å². The van der Waals surface area contributed by atoms with Gasteiger partial charge < -0.3 is 87.5 Å². The summed E-state index contributed by atoms with van der Waals surface area (Å²) in [7, 11) is 4.74. The van der Waals surface area contributed by atoms with Gasteiger partial charge in [-0.25, -0.2) is 4.79 Å². The highest BCUT2D eigenvalue weighted by atomic mass is 16.8. The van der Waals surface area contributed by atoms with E-state index in [1.807, 2.05) is 20.8 Å². The van der Waals surface area contributed by atoms with Crippen LogP contribution in [-0.4, -0.2) is 203 Å². The molecule has 8 aliphatic rings. The number of pyridine rings is 1. The molecule has 0 radical (unpaired) electrons. The number of ether oxygens (including phenoxy) is 12. The number of aliphatic hydroxyl groups excluding tert-OH is 4. The quantitative estimate of drug-likeness (QED) is 0.109. The number of carbonyl (C=O) groups is 2. The second-order valence-corrected chi connectivity index (χ2v) is 22.9. The number of aliphatic hydroxyl groups is 6. The van der Waals surface area contributed by atoms with Crippen LogP contribution < -0.4 is 0 Å². The maximum absolute atomic E-state index is 13.7. The number of aromatic nitrogens is 1. The van der Waals surface area contributed by atoms with Gasteiger partial charge in [-0.1, -0.05) is 25.5 Å². The smallest absolute Gasteiger partial charge is 0.339 e. The van der Waals surface area contributed by atoms with Crippen molar-refractivity contribution in [2.75, 3.05) is 27.9 Å². The van der Waals surface area contributed by atoms with Gasteiger partial charge in [-0.2, -0.15) is 0 Å². The highest BCUT2D eigenvalue weighted by molar-refractivity contribution is 5.89. The van der Waals surface area contributed by atoms with E-state index < -0.39 is 157 Å². The SMILES string of the molecule is COC1CC(OC2CCC3(C)C(=CCC4(O)C3CC(OC(=O)c3cccnc3)C3(C)C(C(C)=O)CCC43O)C2)OC(C)C1OC1CC(OC)C(OC2CC(OC)C(OC3OC(CO)C(O)C(O)C3O)C(C)O2)C(C)O1. The lowest BCUT2D eigenvalue weighted by molar-refractivity contribution is -0.357. The topological polar surface area (TPSA) is 279 Å². The average molecular weight is 1060 g/mol. The zero-order valence-electron chi connectivity index (χ0n) is 44.6. The summed E-state index contributed by atoms with van der Waals surface area (Å²) in [4.78, 5) is 31.0. The fourth-order valence-electron chi connectivity index (χ4n) is 14.7. The summed E-state index contributed by atoms with van der Waals surface area (Å²) in [6.07, 6.45) is -6.45. The minimum Gasteiger partial charge on any atom is -0.458 e. The Morgan fingerprint density at radius 2 is 1.32 bits per heavy atom. The van der Waals surface area contributed by atoms with Crippen LogP contribution in [0.3, 0.4) is 0 Å². The molecule has 0 bridgehead atoms. The average Bonchev–Trinajstić information content (AvgIpc) is 3.79. The molecule has 9 rings (SSSR count). The van der Waals surface area contributed by atoms with Crippen molar-refractivity contribution in [3.8, 4) is 0 Å². The molecule has 5 heterocycles. The van der Waals surface area contributed by atoms with Crippen LogP contribution in [0.25, 0.3) is 0 Å². The predicted octanol–water partition coefficient (Wildman–Crippen LogP) is 2.41. The molecular weight excluding hydrogens is 983 g/mol. The van der Waals surface area contributed by atoms with Crippen molar-refractivity contribution in [3.05, 3.63) is 41.7 Å². The van der Waals surface area contributed by atoms with Crippen molar-refractivity contribution in [1.29, 1.82) is 0 Å². The van der Waals surface area contributed by atoms with E-state index in [1.54, 1.807) is 39.5 Å². The molecule has 21 heteroatoms. The summed E-state index contributed by atoms with van der Waals surface area (Å²) < 4.78 is 75.0. The van der Waals surface area contributed by atoms with Crippen LogP contribution in [0.2, 0.25) is 0 Å². The first-order valence-corrected chi connectivity index (χ1v) is 26.9. The standard InChI is InChI=1S/C54H81NO20/c1-26(57)33-14-17-54(63)52(33,6)39(72-49(61)30-11-10-18-55-24-30)23-38-51(5)15-13-32(19-31(51)12-16-53(38,54)62)70-40-20-34(64-7)46(27(2)67-40)73-41-21-35(65-8)47(28(3)68-41)74-42-22-36(66-9)48(29(4)69-42)75-50-45(60)44(59)43(58)37(25-56)71-50/h10-12,18,24,27-29,32-48,50,56,58-60,62-63H,13-17,19-23,25H2,1-9H3. The Balaban J connectivity index is 0.804. The van der Waals surface area contributed by atoms with Gasteiger partial charge in [0, 0.05) is 70.2 Å². The predicted molar refractivity (Wildman–Crippen MR) is 260 cm³/mol. The number of ketones is 1. The van der Waals surface area contributed by atoms with Gasteiger partial charge in [0.05, 0.1) is 54.9 Å². The van der Waals surface area contributed by atoms with E-state index in [9.17, 15) is 40.2 Å². The number of nitrogens with zero attached hydrogens (tertiary/aromatic N) is 1. The van der Waals surface area contributed by atoms with E-state index in [0.717, 1.165) is 5.57 Å². The largest absolute Gasteiger partial charge is 0.458 e. The summed E-state index contributed by atoms with van der Waals surface area (Å²) >= 11 is 0. The normalized spacial score (nSPS) is 48.9. The highest BCUT2D eigenvalue weighted by Crippen LogP contribution is 2.70. The fraction of sp³-hybridized carbons (Fsp3) is 0.833. The van der Waals surface area contributed by atoms with Crippen molar-refractivity contribution in [2.45, 2.75) is 234 Å². The van der Waals surface area contributed by atoms with Crippen molar-refractivity contribution in [1.82, 2.24) is 4.98 Å². The molecule has 422 valence electrons. The van der Waals surface area contributed by atoms with E-state index in [-0.39, 0.29) is 43.1 Å². The van der Waals surface area contributed by atoms with Gasteiger partial charge in [0.25, 0.3) is 0 Å². The van der Waals surface area contributed by atoms with Crippen molar-refractivity contribution in [2.24, 2.45) is 22.7 Å². The Labute approximate surface area is 438 Å². The van der Waals surface area contributed by atoms with E-state index >= 15 is 0 Å². The number of hydrogen-bond acceptors (Lipinski definition) is 21. The van der Waals surface area contributed by atoms with Crippen LogP contribution in [0, 0.1) is 22.7 Å². The second kappa shape index (κ2) is 22.5. The Bertz CT molecular complexity index is 2170. The zero-order valence-corrected chi connectivity index (χ0v) is 44.6. The number of hydrogen-bond donors (Lipinski definition) is 6. The summed E-state index contributed by atoms with van der Waals surface area (Å²) in [5, 5.41) is 66.7. The zero-order chi connectivity index (χ0) is 53.9. The maximum atomic E-state index is 13.7. The van der Waals surface area contributed by atoms with E-state index in [2.05, 4.69) is 18.0 Å². The molecule has 7 fully saturated rings. The van der Waals surface area contributed by atoms with Crippen LogP contribution in [-0.2, 0) is 61.6 Å². The molecule has 0 amide bonds. The molecule has 3 saturated carbocycles. The first kappa shape index (κ1) is 57.0. The number of carbonyl (C=O) groups excluding carboxylic acids is 2. The van der Waals surface area contributed by atoms with Crippen LogP contribution >= 0.6 is 0 Å². The van der Waals surface area contributed by atoms with Crippen molar-refractivity contribution in [3.63, 3.8) is 0 Å². The van der Waals surface area contributed by atoms with E-state index in [4.69, 9.17) is 56.8 Å². The Morgan fingerprint density at radius 3 is 1.85 bits per heavy atom. The third-order valence-corrected chi connectivity index (χ3v) is 18.9. The molecule has 21 nitrogen and oxygen atoms in total. The van der Waals surface area contributed by atoms with Gasteiger partial charge >= 0.3 is 5.97 Å². The Kier molecular flexibility index (Phi) is 17.1. The molecule has 1 aromatic heterocycles. The minimum atomic E-state index is -1.71. The third-order valence-electron chi connectivity index (χ3n) is 18.9.